The fourth-order valence-electron chi connectivity index (χ4n) is 5.71. The highest BCUT2D eigenvalue weighted by molar-refractivity contribution is 5.95. The Morgan fingerprint density at radius 1 is 0.705 bits per heavy atom. The lowest BCUT2D eigenvalue weighted by Crippen LogP contribution is -2.17. The predicted molar refractivity (Wildman–Crippen MR) is 181 cm³/mol. The average Bonchev–Trinajstić information content (AvgIpc) is 3.33. The molecule has 0 saturated heterocycles. The fraction of sp³-hybridized carbons (Fsp3) is 0.237. The molecular weight excluding hydrogens is 542 g/mol. The highest BCUT2D eigenvalue weighted by atomic mass is 16.3. The van der Waals surface area contributed by atoms with Crippen LogP contribution in [0.25, 0.3) is 33.5 Å². The van der Waals surface area contributed by atoms with Gasteiger partial charge in [0.05, 0.1) is 16.6 Å². The van der Waals surface area contributed by atoms with E-state index >= 15 is 0 Å². The number of benzene rings is 4. The number of imidazole rings is 1. The van der Waals surface area contributed by atoms with Gasteiger partial charge in [-0.3, -0.25) is 4.90 Å². The normalized spacial score (nSPS) is 12.1. The molecule has 0 aliphatic rings. The highest BCUT2D eigenvalue weighted by Crippen LogP contribution is 2.43. The summed E-state index contributed by atoms with van der Waals surface area (Å²) in [4.78, 5) is 7.33. The fourth-order valence-corrected chi connectivity index (χ4v) is 5.71. The van der Waals surface area contributed by atoms with Gasteiger partial charge in [-0.1, -0.05) is 90.1 Å². The summed E-state index contributed by atoms with van der Waals surface area (Å²) in [5.41, 5.74) is 8.40. The van der Waals surface area contributed by atoms with Crippen molar-refractivity contribution in [3.63, 3.8) is 0 Å². The number of hydrogen-bond acceptors (Lipinski definition) is 5. The van der Waals surface area contributed by atoms with Gasteiger partial charge in [-0.2, -0.15) is 5.10 Å². The number of nitrogens with zero attached hydrogens (tertiary/aromatic N) is 5. The van der Waals surface area contributed by atoms with Crippen LogP contribution in [0.4, 0.5) is 17.2 Å². The number of aromatic hydroxyl groups is 1. The summed E-state index contributed by atoms with van der Waals surface area (Å²) in [5, 5.41) is 20.2. The van der Waals surface area contributed by atoms with Crippen LogP contribution in [0.2, 0.25) is 0 Å². The third-order valence-corrected chi connectivity index (χ3v) is 8.15. The summed E-state index contributed by atoms with van der Waals surface area (Å²) < 4.78 is 2.09. The maximum Gasteiger partial charge on any atom is 0.160 e. The van der Waals surface area contributed by atoms with E-state index < -0.39 is 0 Å². The van der Waals surface area contributed by atoms with Crippen molar-refractivity contribution in [3.8, 4) is 28.3 Å². The van der Waals surface area contributed by atoms with E-state index in [2.05, 4.69) is 128 Å². The molecule has 4 aromatic carbocycles. The molecule has 222 valence electrons. The van der Waals surface area contributed by atoms with Gasteiger partial charge in [0.25, 0.3) is 0 Å². The van der Waals surface area contributed by atoms with Crippen molar-refractivity contribution >= 4 is 28.2 Å². The van der Waals surface area contributed by atoms with Crippen LogP contribution in [-0.4, -0.2) is 24.9 Å². The van der Waals surface area contributed by atoms with Crippen LogP contribution in [-0.2, 0) is 17.9 Å². The second kappa shape index (κ2) is 10.9. The Balaban J connectivity index is 1.53. The van der Waals surface area contributed by atoms with Gasteiger partial charge in [-0.25, -0.2) is 4.98 Å². The van der Waals surface area contributed by atoms with Crippen LogP contribution in [0.15, 0.2) is 103 Å². The summed E-state index contributed by atoms with van der Waals surface area (Å²) in [6, 6.07) is 33.0. The number of rotatable bonds is 5. The molecule has 6 nitrogen and oxygen atoms in total. The summed E-state index contributed by atoms with van der Waals surface area (Å²) in [6.07, 6.45) is 1.68. The van der Waals surface area contributed by atoms with E-state index in [9.17, 15) is 5.11 Å². The monoisotopic (exact) mass is 581 g/mol. The number of fused-ring (bicyclic) bond motifs is 1. The Morgan fingerprint density at radius 3 is 2.11 bits per heavy atom. The number of aryl methyl sites for hydroxylation is 1. The molecule has 0 bridgehead atoms. The quantitative estimate of drug-likeness (QED) is 0.220. The van der Waals surface area contributed by atoms with Gasteiger partial charge in [0.1, 0.15) is 11.6 Å². The van der Waals surface area contributed by atoms with Crippen molar-refractivity contribution in [2.45, 2.75) is 52.4 Å². The summed E-state index contributed by atoms with van der Waals surface area (Å²) in [7, 11) is 2.02. The molecule has 44 heavy (non-hydrogen) atoms. The Labute approximate surface area is 259 Å². The molecular formula is C38H39N5O. The number of phenolic OH excluding ortho intramolecular Hbond substituents is 1. The third-order valence-electron chi connectivity index (χ3n) is 8.15. The van der Waals surface area contributed by atoms with E-state index in [-0.39, 0.29) is 16.6 Å². The molecule has 2 heterocycles. The number of phenols is 1. The second-order valence-corrected chi connectivity index (χ2v) is 13.4. The minimum atomic E-state index is -0.232. The molecule has 6 rings (SSSR count). The van der Waals surface area contributed by atoms with Crippen molar-refractivity contribution in [2.75, 3.05) is 4.90 Å². The van der Waals surface area contributed by atoms with E-state index in [4.69, 9.17) is 4.98 Å². The number of hydrogen-bond donors (Lipinski definition) is 1. The first-order valence-corrected chi connectivity index (χ1v) is 15.0. The van der Waals surface area contributed by atoms with Crippen LogP contribution in [0.5, 0.6) is 5.75 Å². The van der Waals surface area contributed by atoms with Gasteiger partial charge in [-0.15, -0.1) is 5.10 Å². The standard InChI is InChI=1S/C38H39N5O/c1-37(2,3)26-23-30(35(44)31(24-26)38(4,5)6)36-40-34-29(18-12-19-32(34)42(36)7)25-14-11-17-28(22-25)43(27-15-9-8-10-16-27)33-20-13-21-39-41-33/h8-24,44H,1-7H3. The third kappa shape index (κ3) is 5.32. The van der Waals surface area contributed by atoms with Crippen molar-refractivity contribution in [3.05, 3.63) is 114 Å². The number of aromatic nitrogens is 4. The van der Waals surface area contributed by atoms with E-state index in [1.165, 1.54) is 5.56 Å². The molecule has 2 aromatic heterocycles. The first-order chi connectivity index (χ1) is 20.9. The Morgan fingerprint density at radius 2 is 1.43 bits per heavy atom. The van der Waals surface area contributed by atoms with Crippen LogP contribution >= 0.6 is 0 Å². The smallest absolute Gasteiger partial charge is 0.160 e. The molecule has 6 aromatic rings. The molecule has 0 amide bonds. The molecule has 1 N–H and O–H groups in total. The maximum absolute atomic E-state index is 11.6. The van der Waals surface area contributed by atoms with Crippen LogP contribution in [0.1, 0.15) is 52.7 Å². The van der Waals surface area contributed by atoms with Gasteiger partial charge in [-0.05, 0) is 70.5 Å². The Kier molecular flexibility index (Phi) is 7.24. The SMILES string of the molecule is Cn1c(-c2cc(C(C)(C)C)cc(C(C)(C)C)c2O)nc2c(-c3cccc(N(c4ccccc4)c4cccnn4)c3)cccc21. The van der Waals surface area contributed by atoms with E-state index in [0.29, 0.717) is 0 Å². The summed E-state index contributed by atoms with van der Waals surface area (Å²) in [5.74, 6) is 1.76. The molecule has 0 radical (unpaired) electrons. The van der Waals surface area contributed by atoms with Gasteiger partial charge >= 0.3 is 0 Å². The van der Waals surface area contributed by atoms with E-state index in [1.807, 2.05) is 37.4 Å². The Hall–Kier alpha value is -4.97. The van der Waals surface area contributed by atoms with Gasteiger partial charge in [0.15, 0.2) is 5.82 Å². The topological polar surface area (TPSA) is 67.1 Å². The van der Waals surface area contributed by atoms with Gasteiger partial charge < -0.3 is 9.67 Å². The Bertz CT molecular complexity index is 1910. The van der Waals surface area contributed by atoms with Crippen molar-refractivity contribution in [1.29, 1.82) is 0 Å². The van der Waals surface area contributed by atoms with Crippen LogP contribution < -0.4 is 4.90 Å². The zero-order chi connectivity index (χ0) is 31.2. The predicted octanol–water partition coefficient (Wildman–Crippen LogP) is 9.47. The molecule has 0 spiro atoms. The van der Waals surface area contributed by atoms with E-state index in [0.717, 1.165) is 56.3 Å². The minimum Gasteiger partial charge on any atom is -0.507 e. The maximum atomic E-state index is 11.6. The average molecular weight is 582 g/mol. The highest BCUT2D eigenvalue weighted by Gasteiger charge is 2.27. The zero-order valence-corrected chi connectivity index (χ0v) is 26.5. The van der Waals surface area contributed by atoms with Crippen LogP contribution in [0.3, 0.4) is 0 Å². The lowest BCUT2D eigenvalue weighted by molar-refractivity contribution is 0.446. The largest absolute Gasteiger partial charge is 0.507 e. The molecule has 0 aliphatic heterocycles. The molecule has 0 unspecified atom stereocenters. The molecule has 0 aliphatic carbocycles. The molecule has 0 saturated carbocycles. The van der Waals surface area contributed by atoms with Gasteiger partial charge in [0, 0.05) is 35.7 Å². The summed E-state index contributed by atoms with van der Waals surface area (Å²) >= 11 is 0. The molecule has 6 heteroatoms. The van der Waals surface area contributed by atoms with Gasteiger partial charge in [0.2, 0.25) is 0 Å². The van der Waals surface area contributed by atoms with E-state index in [1.54, 1.807) is 6.20 Å². The molecule has 0 fully saturated rings. The number of anilines is 3. The first kappa shape index (κ1) is 29.1. The van der Waals surface area contributed by atoms with Crippen LogP contribution in [0, 0.1) is 0 Å². The number of para-hydroxylation sites is 2. The minimum absolute atomic E-state index is 0.0909. The summed E-state index contributed by atoms with van der Waals surface area (Å²) in [6.45, 7) is 13.0. The zero-order valence-electron chi connectivity index (χ0n) is 26.5. The lowest BCUT2D eigenvalue weighted by atomic mass is 9.79. The molecule has 0 atom stereocenters. The van der Waals surface area contributed by atoms with Crippen molar-refractivity contribution < 1.29 is 5.11 Å². The van der Waals surface area contributed by atoms with Crippen molar-refractivity contribution in [2.24, 2.45) is 7.05 Å². The van der Waals surface area contributed by atoms with Crippen molar-refractivity contribution in [1.82, 2.24) is 19.7 Å². The lowest BCUT2D eigenvalue weighted by Gasteiger charge is -2.27. The second-order valence-electron chi connectivity index (χ2n) is 13.4. The first-order valence-electron chi connectivity index (χ1n) is 15.0.